The highest BCUT2D eigenvalue weighted by Crippen LogP contribution is 2.35. The molecule has 0 saturated heterocycles. The first-order valence-corrected chi connectivity index (χ1v) is 7.87. The van der Waals surface area contributed by atoms with E-state index in [0.29, 0.717) is 11.6 Å². The van der Waals surface area contributed by atoms with Crippen LogP contribution >= 0.6 is 0 Å². The summed E-state index contributed by atoms with van der Waals surface area (Å²) < 4.78 is 5.68. The molecular formula is C18H17N5O3. The van der Waals surface area contributed by atoms with Gasteiger partial charge in [-0.3, -0.25) is 10.1 Å². The minimum atomic E-state index is -0.575. The van der Waals surface area contributed by atoms with Crippen LogP contribution in [0.15, 0.2) is 42.9 Å². The molecule has 3 aromatic rings. The summed E-state index contributed by atoms with van der Waals surface area (Å²) in [5, 5.41) is 14.4. The predicted octanol–water partition coefficient (Wildman–Crippen LogP) is 4.24. The summed E-state index contributed by atoms with van der Waals surface area (Å²) in [4.78, 5) is 23.1. The molecule has 0 bridgehead atoms. The van der Waals surface area contributed by atoms with Gasteiger partial charge in [0, 0.05) is 6.20 Å². The summed E-state index contributed by atoms with van der Waals surface area (Å²) in [6.45, 7) is 5.74. The highest BCUT2D eigenvalue weighted by atomic mass is 16.6. The summed E-state index contributed by atoms with van der Waals surface area (Å²) >= 11 is 0. The summed E-state index contributed by atoms with van der Waals surface area (Å²) in [7, 11) is 0. The van der Waals surface area contributed by atoms with Gasteiger partial charge in [-0.2, -0.15) is 4.98 Å². The Bertz CT molecular complexity index is 937. The van der Waals surface area contributed by atoms with E-state index in [0.717, 1.165) is 16.7 Å². The number of nitrogens with zero attached hydrogens (tertiary/aromatic N) is 4. The number of hydrogen-bond donors (Lipinski definition) is 1. The molecule has 132 valence electrons. The number of ether oxygens (including phenoxy) is 1. The second kappa shape index (κ2) is 7.14. The molecule has 0 fully saturated rings. The Morgan fingerprint density at radius 1 is 1.00 bits per heavy atom. The Balaban J connectivity index is 1.98. The van der Waals surface area contributed by atoms with E-state index >= 15 is 0 Å². The Morgan fingerprint density at radius 3 is 2.35 bits per heavy atom. The highest BCUT2D eigenvalue weighted by Gasteiger charge is 2.25. The highest BCUT2D eigenvalue weighted by molar-refractivity contribution is 5.67. The van der Waals surface area contributed by atoms with Gasteiger partial charge in [0.05, 0.1) is 4.92 Å². The summed E-state index contributed by atoms with van der Waals surface area (Å²) in [6, 6.07) is 9.11. The van der Waals surface area contributed by atoms with E-state index in [1.165, 1.54) is 6.33 Å². The van der Waals surface area contributed by atoms with Gasteiger partial charge in [0.15, 0.2) is 0 Å². The number of nitrogens with one attached hydrogen (secondary N) is 1. The fraction of sp³-hybridized carbons (Fsp3) is 0.167. The van der Waals surface area contributed by atoms with Crippen molar-refractivity contribution in [1.29, 1.82) is 0 Å². The number of rotatable bonds is 5. The molecule has 1 aromatic carbocycles. The molecule has 2 aromatic heterocycles. The van der Waals surface area contributed by atoms with Gasteiger partial charge in [0.1, 0.15) is 17.9 Å². The van der Waals surface area contributed by atoms with Crippen molar-refractivity contribution in [3.63, 3.8) is 0 Å². The molecule has 8 heteroatoms. The van der Waals surface area contributed by atoms with Crippen molar-refractivity contribution >= 4 is 17.3 Å². The number of hydrogen-bond acceptors (Lipinski definition) is 7. The Kier molecular flexibility index (Phi) is 4.74. The lowest BCUT2D eigenvalue weighted by Crippen LogP contribution is -2.04. The molecule has 0 spiro atoms. The van der Waals surface area contributed by atoms with Crippen molar-refractivity contribution in [3.05, 3.63) is 69.7 Å². The average molecular weight is 351 g/mol. The van der Waals surface area contributed by atoms with Crippen molar-refractivity contribution in [2.24, 2.45) is 0 Å². The quantitative estimate of drug-likeness (QED) is 0.541. The first-order chi connectivity index (χ1) is 12.4. The van der Waals surface area contributed by atoms with Crippen LogP contribution in [-0.2, 0) is 0 Å². The Hall–Kier alpha value is -3.55. The van der Waals surface area contributed by atoms with Crippen molar-refractivity contribution in [2.75, 3.05) is 5.32 Å². The number of nitro groups is 1. The fourth-order valence-electron chi connectivity index (χ4n) is 2.46. The maximum absolute atomic E-state index is 11.6. The molecule has 0 aliphatic carbocycles. The molecule has 26 heavy (non-hydrogen) atoms. The third-order valence-electron chi connectivity index (χ3n) is 3.54. The van der Waals surface area contributed by atoms with Crippen LogP contribution in [0.25, 0.3) is 0 Å². The number of benzene rings is 1. The SMILES string of the molecule is Cc1ccc(Nc2ncnc(Oc3cc(C)cc(C)c3)c2[N+](=O)[O-])nc1. The van der Waals surface area contributed by atoms with Gasteiger partial charge in [0.2, 0.25) is 5.82 Å². The maximum Gasteiger partial charge on any atom is 0.373 e. The van der Waals surface area contributed by atoms with E-state index in [1.54, 1.807) is 24.4 Å². The molecule has 0 amide bonds. The van der Waals surface area contributed by atoms with Crippen LogP contribution in [0.2, 0.25) is 0 Å². The van der Waals surface area contributed by atoms with Gasteiger partial charge in [-0.1, -0.05) is 12.1 Å². The number of anilines is 2. The first kappa shape index (κ1) is 17.3. The summed E-state index contributed by atoms with van der Waals surface area (Å²) in [5.74, 6) is 0.795. The predicted molar refractivity (Wildman–Crippen MR) is 96.9 cm³/mol. The smallest absolute Gasteiger partial charge is 0.373 e. The molecule has 1 N–H and O–H groups in total. The monoisotopic (exact) mass is 351 g/mol. The van der Waals surface area contributed by atoms with Crippen molar-refractivity contribution < 1.29 is 9.66 Å². The van der Waals surface area contributed by atoms with Gasteiger partial charge in [0.25, 0.3) is 0 Å². The molecule has 0 saturated carbocycles. The van der Waals surface area contributed by atoms with Crippen LogP contribution in [0.5, 0.6) is 11.6 Å². The first-order valence-electron chi connectivity index (χ1n) is 7.87. The third-order valence-corrected chi connectivity index (χ3v) is 3.54. The number of aromatic nitrogens is 3. The average Bonchev–Trinajstić information content (AvgIpc) is 2.56. The second-order valence-electron chi connectivity index (χ2n) is 5.90. The van der Waals surface area contributed by atoms with E-state index < -0.39 is 4.92 Å². The van der Waals surface area contributed by atoms with Gasteiger partial charge >= 0.3 is 11.6 Å². The van der Waals surface area contributed by atoms with Crippen molar-refractivity contribution in [1.82, 2.24) is 15.0 Å². The van der Waals surface area contributed by atoms with Gasteiger partial charge in [-0.05, 0) is 55.7 Å². The zero-order chi connectivity index (χ0) is 18.7. The van der Waals surface area contributed by atoms with Crippen LogP contribution < -0.4 is 10.1 Å². The second-order valence-corrected chi connectivity index (χ2v) is 5.90. The lowest BCUT2D eigenvalue weighted by Gasteiger charge is -2.10. The normalized spacial score (nSPS) is 10.4. The number of pyridine rings is 1. The molecule has 0 atom stereocenters. The molecule has 0 radical (unpaired) electrons. The van der Waals surface area contributed by atoms with E-state index in [2.05, 4.69) is 20.3 Å². The summed E-state index contributed by atoms with van der Waals surface area (Å²) in [5.41, 5.74) is 2.60. The lowest BCUT2D eigenvalue weighted by molar-refractivity contribution is -0.385. The minimum absolute atomic E-state index is 0.0146. The van der Waals surface area contributed by atoms with Gasteiger partial charge < -0.3 is 10.1 Å². The van der Waals surface area contributed by atoms with E-state index in [4.69, 9.17) is 4.74 Å². The third kappa shape index (κ3) is 3.92. The molecule has 3 rings (SSSR count). The lowest BCUT2D eigenvalue weighted by atomic mass is 10.1. The zero-order valence-corrected chi connectivity index (χ0v) is 14.6. The Morgan fingerprint density at radius 2 is 1.73 bits per heavy atom. The number of aryl methyl sites for hydroxylation is 3. The van der Waals surface area contributed by atoms with Gasteiger partial charge in [-0.15, -0.1) is 0 Å². The van der Waals surface area contributed by atoms with E-state index in [9.17, 15) is 10.1 Å². The Labute approximate surface area is 150 Å². The van der Waals surface area contributed by atoms with Crippen LogP contribution in [0.4, 0.5) is 17.3 Å². The van der Waals surface area contributed by atoms with Gasteiger partial charge in [-0.25, -0.2) is 9.97 Å². The minimum Gasteiger partial charge on any atom is -0.434 e. The zero-order valence-electron chi connectivity index (χ0n) is 14.6. The summed E-state index contributed by atoms with van der Waals surface area (Å²) in [6.07, 6.45) is 2.86. The van der Waals surface area contributed by atoms with Crippen LogP contribution in [0.1, 0.15) is 16.7 Å². The van der Waals surface area contributed by atoms with Crippen molar-refractivity contribution in [3.8, 4) is 11.6 Å². The molecule has 8 nitrogen and oxygen atoms in total. The topological polar surface area (TPSA) is 103 Å². The van der Waals surface area contributed by atoms with Crippen LogP contribution in [-0.4, -0.2) is 19.9 Å². The molecule has 0 aliphatic rings. The maximum atomic E-state index is 11.6. The molecule has 0 unspecified atom stereocenters. The van der Waals surface area contributed by atoms with E-state index in [1.807, 2.05) is 32.9 Å². The molecular weight excluding hydrogens is 334 g/mol. The largest absolute Gasteiger partial charge is 0.434 e. The van der Waals surface area contributed by atoms with E-state index in [-0.39, 0.29) is 17.4 Å². The fourth-order valence-corrected chi connectivity index (χ4v) is 2.46. The standard InChI is InChI=1S/C18H17N5O3/c1-11-4-5-15(19-9-11)22-17-16(23(24)25)18(21-10-20-17)26-14-7-12(2)6-13(3)8-14/h4-10H,1-3H3,(H,19,20,21,22). The van der Waals surface area contributed by atoms with Crippen LogP contribution in [0, 0.1) is 30.9 Å². The molecule has 0 aliphatic heterocycles. The van der Waals surface area contributed by atoms with Crippen molar-refractivity contribution in [2.45, 2.75) is 20.8 Å². The van der Waals surface area contributed by atoms with Crippen LogP contribution in [0.3, 0.4) is 0 Å². The molecule has 2 heterocycles.